The molecule has 0 amide bonds. The predicted molar refractivity (Wildman–Crippen MR) is 77.7 cm³/mol. The Morgan fingerprint density at radius 3 is 2.53 bits per heavy atom. The molecule has 0 radical (unpaired) electrons. The lowest BCUT2D eigenvalue weighted by Crippen LogP contribution is -2.02. The lowest BCUT2D eigenvalue weighted by atomic mass is 10.1. The van der Waals surface area contributed by atoms with Crippen LogP contribution in [0.4, 0.5) is 5.69 Å². The van der Waals surface area contributed by atoms with Crippen LogP contribution in [0.25, 0.3) is 0 Å². The first-order valence-electron chi connectivity index (χ1n) is 6.23. The first-order valence-corrected chi connectivity index (χ1v) is 6.23. The fraction of sp³-hybridized carbons (Fsp3) is 0.250. The third kappa shape index (κ3) is 2.99. The maximum absolute atomic E-state index is 6.00. The molecule has 0 bridgehead atoms. The molecule has 2 N–H and O–H groups in total. The highest BCUT2D eigenvalue weighted by Gasteiger charge is 2.08. The average Bonchev–Trinajstić information content (AvgIpc) is 2.38. The number of rotatable bonds is 4. The van der Waals surface area contributed by atoms with Gasteiger partial charge in [0.15, 0.2) is 0 Å². The van der Waals surface area contributed by atoms with Gasteiger partial charge in [0, 0.05) is 5.56 Å². The molecule has 0 aromatic heterocycles. The van der Waals surface area contributed by atoms with Gasteiger partial charge in [0.25, 0.3) is 0 Å². The van der Waals surface area contributed by atoms with Gasteiger partial charge in [0.2, 0.25) is 0 Å². The largest absolute Gasteiger partial charge is 0.496 e. The van der Waals surface area contributed by atoms with E-state index in [4.69, 9.17) is 15.2 Å². The minimum Gasteiger partial charge on any atom is -0.496 e. The summed E-state index contributed by atoms with van der Waals surface area (Å²) in [5.74, 6) is 1.57. The quantitative estimate of drug-likeness (QED) is 0.853. The first kappa shape index (κ1) is 13.3. The summed E-state index contributed by atoms with van der Waals surface area (Å²) in [6.45, 7) is 4.46. The Morgan fingerprint density at radius 2 is 1.84 bits per heavy atom. The van der Waals surface area contributed by atoms with Gasteiger partial charge in [-0.1, -0.05) is 24.3 Å². The second kappa shape index (κ2) is 5.65. The van der Waals surface area contributed by atoms with Gasteiger partial charge in [-0.05, 0) is 37.1 Å². The van der Waals surface area contributed by atoms with E-state index in [2.05, 4.69) is 6.07 Å². The minimum absolute atomic E-state index is 0.443. The van der Waals surface area contributed by atoms with Crippen molar-refractivity contribution in [1.82, 2.24) is 0 Å². The van der Waals surface area contributed by atoms with Crippen molar-refractivity contribution in [3.05, 3.63) is 53.1 Å². The van der Waals surface area contributed by atoms with Crippen LogP contribution in [0.5, 0.6) is 11.5 Å². The molecule has 100 valence electrons. The molecule has 19 heavy (non-hydrogen) atoms. The lowest BCUT2D eigenvalue weighted by molar-refractivity contribution is 0.296. The first-order chi connectivity index (χ1) is 9.11. The summed E-state index contributed by atoms with van der Waals surface area (Å²) in [5.41, 5.74) is 9.87. The van der Waals surface area contributed by atoms with Crippen LogP contribution in [0.2, 0.25) is 0 Å². The zero-order chi connectivity index (χ0) is 13.8. The molecule has 0 aliphatic heterocycles. The number of nitrogens with two attached hydrogens (primary N) is 1. The van der Waals surface area contributed by atoms with E-state index in [0.29, 0.717) is 12.3 Å². The van der Waals surface area contributed by atoms with Crippen molar-refractivity contribution >= 4 is 5.69 Å². The summed E-state index contributed by atoms with van der Waals surface area (Å²) in [6.07, 6.45) is 0. The number of hydrogen-bond acceptors (Lipinski definition) is 3. The maximum Gasteiger partial charge on any atom is 0.145 e. The molecule has 0 spiro atoms. The van der Waals surface area contributed by atoms with Crippen molar-refractivity contribution in [3.8, 4) is 11.5 Å². The Kier molecular flexibility index (Phi) is 3.95. The number of benzene rings is 2. The van der Waals surface area contributed by atoms with Crippen LogP contribution in [-0.2, 0) is 6.61 Å². The van der Waals surface area contributed by atoms with Crippen LogP contribution < -0.4 is 15.2 Å². The van der Waals surface area contributed by atoms with Gasteiger partial charge >= 0.3 is 0 Å². The van der Waals surface area contributed by atoms with Gasteiger partial charge in [-0.3, -0.25) is 0 Å². The van der Waals surface area contributed by atoms with Gasteiger partial charge in [0.1, 0.15) is 18.1 Å². The van der Waals surface area contributed by atoms with E-state index in [0.717, 1.165) is 28.2 Å². The molecule has 0 heterocycles. The molecule has 0 saturated heterocycles. The number of aryl methyl sites for hydroxylation is 2. The van der Waals surface area contributed by atoms with Crippen molar-refractivity contribution in [2.24, 2.45) is 0 Å². The van der Waals surface area contributed by atoms with E-state index < -0.39 is 0 Å². The van der Waals surface area contributed by atoms with Crippen molar-refractivity contribution in [1.29, 1.82) is 0 Å². The monoisotopic (exact) mass is 257 g/mol. The van der Waals surface area contributed by atoms with Gasteiger partial charge in [-0.2, -0.15) is 0 Å². The fourth-order valence-corrected chi connectivity index (χ4v) is 2.16. The van der Waals surface area contributed by atoms with Crippen LogP contribution in [0.3, 0.4) is 0 Å². The molecular formula is C16H19NO2. The number of anilines is 1. The van der Waals surface area contributed by atoms with Gasteiger partial charge in [0.05, 0.1) is 12.8 Å². The summed E-state index contributed by atoms with van der Waals surface area (Å²) in [4.78, 5) is 0. The van der Waals surface area contributed by atoms with E-state index in [1.807, 2.05) is 44.2 Å². The number of methoxy groups -OCH3 is 1. The Balaban J connectivity index is 2.19. The molecule has 0 atom stereocenters. The smallest absolute Gasteiger partial charge is 0.145 e. The highest BCUT2D eigenvalue weighted by Crippen LogP contribution is 2.29. The number of ether oxygens (including phenoxy) is 2. The zero-order valence-corrected chi connectivity index (χ0v) is 11.6. The summed E-state index contributed by atoms with van der Waals surface area (Å²) in [5, 5.41) is 0. The normalized spacial score (nSPS) is 10.3. The summed E-state index contributed by atoms with van der Waals surface area (Å²) >= 11 is 0. The van der Waals surface area contributed by atoms with Crippen molar-refractivity contribution in [3.63, 3.8) is 0 Å². The van der Waals surface area contributed by atoms with Gasteiger partial charge < -0.3 is 15.2 Å². The number of hydrogen-bond donors (Lipinski definition) is 1. The Hall–Kier alpha value is -2.16. The molecule has 2 aromatic carbocycles. The second-order valence-corrected chi connectivity index (χ2v) is 4.60. The molecule has 2 rings (SSSR count). The van der Waals surface area contributed by atoms with Crippen molar-refractivity contribution < 1.29 is 9.47 Å². The highest BCUT2D eigenvalue weighted by atomic mass is 16.5. The Bertz CT molecular complexity index is 556. The van der Waals surface area contributed by atoms with Crippen LogP contribution >= 0.6 is 0 Å². The van der Waals surface area contributed by atoms with Crippen LogP contribution in [0.1, 0.15) is 16.7 Å². The summed E-state index contributed by atoms with van der Waals surface area (Å²) < 4.78 is 11.1. The SMILES string of the molecule is COc1ccccc1COc1c(C)cc(C)cc1N. The van der Waals surface area contributed by atoms with Gasteiger partial charge in [-0.15, -0.1) is 0 Å². The lowest BCUT2D eigenvalue weighted by Gasteiger charge is -2.14. The minimum atomic E-state index is 0.443. The molecule has 0 saturated carbocycles. The third-order valence-electron chi connectivity index (χ3n) is 3.01. The molecule has 0 aliphatic carbocycles. The fourth-order valence-electron chi connectivity index (χ4n) is 2.16. The standard InChI is InChI=1S/C16H19NO2/c1-11-8-12(2)16(14(17)9-11)19-10-13-6-4-5-7-15(13)18-3/h4-9H,10,17H2,1-3H3. The predicted octanol–water partition coefficient (Wildman–Crippen LogP) is 3.47. The number of nitrogen functional groups attached to an aromatic ring is 1. The number of para-hydroxylation sites is 1. The van der Waals surface area contributed by atoms with Crippen molar-refractivity contribution in [2.75, 3.05) is 12.8 Å². The van der Waals surface area contributed by atoms with Crippen LogP contribution in [0, 0.1) is 13.8 Å². The third-order valence-corrected chi connectivity index (χ3v) is 3.01. The average molecular weight is 257 g/mol. The second-order valence-electron chi connectivity index (χ2n) is 4.60. The van der Waals surface area contributed by atoms with E-state index >= 15 is 0 Å². The van der Waals surface area contributed by atoms with Crippen molar-refractivity contribution in [2.45, 2.75) is 20.5 Å². The van der Waals surface area contributed by atoms with E-state index in [9.17, 15) is 0 Å². The van der Waals surface area contributed by atoms with E-state index in [1.165, 1.54) is 0 Å². The Morgan fingerprint density at radius 1 is 1.11 bits per heavy atom. The van der Waals surface area contributed by atoms with Crippen LogP contribution in [0.15, 0.2) is 36.4 Å². The molecule has 3 heteroatoms. The molecular weight excluding hydrogens is 238 g/mol. The molecule has 3 nitrogen and oxygen atoms in total. The summed E-state index contributed by atoms with van der Waals surface area (Å²) in [7, 11) is 1.66. The van der Waals surface area contributed by atoms with E-state index in [-0.39, 0.29) is 0 Å². The maximum atomic E-state index is 6.00. The zero-order valence-electron chi connectivity index (χ0n) is 11.6. The highest BCUT2D eigenvalue weighted by molar-refractivity contribution is 5.58. The molecule has 2 aromatic rings. The summed E-state index contributed by atoms with van der Waals surface area (Å²) in [6, 6.07) is 11.8. The topological polar surface area (TPSA) is 44.5 Å². The molecule has 0 aliphatic rings. The van der Waals surface area contributed by atoms with E-state index in [1.54, 1.807) is 7.11 Å². The van der Waals surface area contributed by atoms with Gasteiger partial charge in [-0.25, -0.2) is 0 Å². The molecule has 0 fully saturated rings. The van der Waals surface area contributed by atoms with Crippen LogP contribution in [-0.4, -0.2) is 7.11 Å². The molecule has 0 unspecified atom stereocenters. The Labute approximate surface area is 114 Å².